The number of terminal acetylenes is 1. The Morgan fingerprint density at radius 2 is 2.35 bits per heavy atom. The van der Waals surface area contributed by atoms with Gasteiger partial charge in [0.25, 0.3) is 0 Å². The minimum atomic E-state index is -3.69. The fourth-order valence-electron chi connectivity index (χ4n) is 1.51. The van der Waals surface area contributed by atoms with E-state index < -0.39 is 16.0 Å². The summed E-state index contributed by atoms with van der Waals surface area (Å²) >= 11 is 0. The fraction of sp³-hybridized carbons (Fsp3) is 0.500. The molecule has 1 atom stereocenters. The number of hydrogen-bond acceptors (Lipinski definition) is 4. The maximum Gasteiger partial charge on any atom is 0.305 e. The fourth-order valence-corrected chi connectivity index (χ4v) is 2.79. The summed E-state index contributed by atoms with van der Waals surface area (Å²) < 4.78 is 27.9. The van der Waals surface area contributed by atoms with Crippen molar-refractivity contribution >= 4 is 16.0 Å². The van der Waals surface area contributed by atoms with Crippen LogP contribution in [0.25, 0.3) is 0 Å². The van der Waals surface area contributed by atoms with Crippen molar-refractivity contribution in [2.45, 2.75) is 43.7 Å². The molecule has 0 aromatic carbocycles. The highest BCUT2D eigenvalue weighted by atomic mass is 32.2. The van der Waals surface area contributed by atoms with Crippen molar-refractivity contribution in [2.75, 3.05) is 0 Å². The van der Waals surface area contributed by atoms with Crippen molar-refractivity contribution in [3.63, 3.8) is 0 Å². The Morgan fingerprint density at radius 3 is 2.90 bits per heavy atom. The summed E-state index contributed by atoms with van der Waals surface area (Å²) in [5.74, 6) is 1.45. The lowest BCUT2D eigenvalue weighted by Crippen LogP contribution is -2.33. The van der Waals surface area contributed by atoms with Gasteiger partial charge in [-0.05, 0) is 6.42 Å². The molecule has 0 saturated heterocycles. The van der Waals surface area contributed by atoms with Gasteiger partial charge in [-0.3, -0.25) is 9.48 Å². The highest BCUT2D eigenvalue weighted by Crippen LogP contribution is 2.10. The van der Waals surface area contributed by atoms with Crippen molar-refractivity contribution in [1.82, 2.24) is 14.5 Å². The van der Waals surface area contributed by atoms with Crippen molar-refractivity contribution < 1.29 is 18.3 Å². The molecule has 0 spiro atoms. The Morgan fingerprint density at radius 1 is 1.65 bits per heavy atom. The van der Waals surface area contributed by atoms with Gasteiger partial charge in [0.1, 0.15) is 4.90 Å². The van der Waals surface area contributed by atoms with Crippen molar-refractivity contribution in [2.24, 2.45) is 0 Å². The summed E-state index contributed by atoms with van der Waals surface area (Å²) in [5.41, 5.74) is 0. The summed E-state index contributed by atoms with van der Waals surface area (Å²) in [6.07, 6.45) is 8.43. The van der Waals surface area contributed by atoms with Crippen LogP contribution in [0.2, 0.25) is 0 Å². The topological polar surface area (TPSA) is 101 Å². The molecule has 0 radical (unpaired) electrons. The van der Waals surface area contributed by atoms with E-state index in [-0.39, 0.29) is 23.9 Å². The molecule has 1 rings (SSSR count). The van der Waals surface area contributed by atoms with Crippen LogP contribution >= 0.6 is 0 Å². The van der Waals surface area contributed by atoms with E-state index in [2.05, 4.69) is 15.7 Å². The van der Waals surface area contributed by atoms with E-state index in [1.165, 1.54) is 17.1 Å². The Kier molecular flexibility index (Phi) is 5.73. The van der Waals surface area contributed by atoms with Crippen LogP contribution in [0.3, 0.4) is 0 Å². The monoisotopic (exact) mass is 299 g/mol. The van der Waals surface area contributed by atoms with Crippen LogP contribution < -0.4 is 4.72 Å². The van der Waals surface area contributed by atoms with Crippen LogP contribution in [0.4, 0.5) is 0 Å². The quantitative estimate of drug-likeness (QED) is 0.678. The molecule has 0 saturated carbocycles. The number of carboxylic acids is 1. The van der Waals surface area contributed by atoms with Crippen LogP contribution in [-0.4, -0.2) is 35.3 Å². The van der Waals surface area contributed by atoms with Gasteiger partial charge in [0.05, 0.1) is 19.2 Å². The van der Waals surface area contributed by atoms with Gasteiger partial charge in [0.2, 0.25) is 10.0 Å². The highest BCUT2D eigenvalue weighted by Gasteiger charge is 2.20. The average molecular weight is 299 g/mol. The molecule has 1 heterocycles. The second-order valence-electron chi connectivity index (χ2n) is 4.22. The van der Waals surface area contributed by atoms with Gasteiger partial charge in [-0.2, -0.15) is 5.10 Å². The molecule has 7 nitrogen and oxygen atoms in total. The summed E-state index contributed by atoms with van der Waals surface area (Å²) in [5, 5.41) is 12.4. The van der Waals surface area contributed by atoms with E-state index in [0.29, 0.717) is 12.8 Å². The van der Waals surface area contributed by atoms with Crippen LogP contribution in [0.1, 0.15) is 26.2 Å². The predicted octanol–water partition coefficient (Wildman–Crippen LogP) is 0.438. The molecule has 110 valence electrons. The number of carboxylic acid groups (broad SMARTS) is 1. The number of aliphatic carboxylic acids is 1. The lowest BCUT2D eigenvalue weighted by Gasteiger charge is -2.13. The number of sulfonamides is 1. The summed E-state index contributed by atoms with van der Waals surface area (Å²) in [7, 11) is -3.69. The van der Waals surface area contributed by atoms with E-state index in [1.54, 1.807) is 0 Å². The molecule has 0 aliphatic carbocycles. The Balaban J connectivity index is 2.78. The van der Waals surface area contributed by atoms with Gasteiger partial charge in [0, 0.05) is 18.7 Å². The Hall–Kier alpha value is -1.85. The molecule has 1 aromatic heterocycles. The number of rotatable bonds is 8. The van der Waals surface area contributed by atoms with Crippen LogP contribution in [0, 0.1) is 12.3 Å². The van der Waals surface area contributed by atoms with Gasteiger partial charge in [-0.15, -0.1) is 12.3 Å². The largest absolute Gasteiger partial charge is 0.481 e. The summed E-state index contributed by atoms with van der Waals surface area (Å²) in [6, 6.07) is -0.327. The zero-order valence-corrected chi connectivity index (χ0v) is 11.9. The highest BCUT2D eigenvalue weighted by molar-refractivity contribution is 7.89. The van der Waals surface area contributed by atoms with Crippen LogP contribution in [0.15, 0.2) is 17.3 Å². The van der Waals surface area contributed by atoms with E-state index in [9.17, 15) is 13.2 Å². The number of nitrogens with one attached hydrogen (secondary N) is 1. The molecule has 0 fully saturated rings. The minimum absolute atomic E-state index is 0.00152. The number of hydrogen-bond donors (Lipinski definition) is 2. The molecule has 1 aromatic rings. The maximum absolute atomic E-state index is 12.1. The van der Waals surface area contributed by atoms with Gasteiger partial charge >= 0.3 is 5.97 Å². The smallest absolute Gasteiger partial charge is 0.305 e. The third-order valence-corrected chi connectivity index (χ3v) is 4.13. The lowest BCUT2D eigenvalue weighted by atomic mass is 10.2. The summed E-state index contributed by atoms with van der Waals surface area (Å²) in [4.78, 5) is 10.4. The zero-order chi connectivity index (χ0) is 15.2. The molecule has 1 unspecified atom stereocenters. The number of carbonyl (C=O) groups is 1. The molecule has 8 heteroatoms. The van der Waals surface area contributed by atoms with Gasteiger partial charge in [0.15, 0.2) is 0 Å². The van der Waals surface area contributed by atoms with E-state index in [4.69, 9.17) is 11.5 Å². The third-order valence-electron chi connectivity index (χ3n) is 2.65. The third kappa shape index (κ3) is 4.68. The number of nitrogens with zero attached hydrogens (tertiary/aromatic N) is 2. The van der Waals surface area contributed by atoms with E-state index in [0.717, 1.165) is 0 Å². The molecule has 0 amide bonds. The van der Waals surface area contributed by atoms with Gasteiger partial charge in [-0.25, -0.2) is 13.1 Å². The Bertz CT molecular complexity index is 600. The molecule has 0 aliphatic heterocycles. The van der Waals surface area contributed by atoms with E-state index in [1.807, 2.05) is 6.92 Å². The number of aryl methyl sites for hydroxylation is 1. The Labute approximate surface area is 118 Å². The molecule has 0 aliphatic rings. The molecule has 20 heavy (non-hydrogen) atoms. The minimum Gasteiger partial charge on any atom is -0.481 e. The lowest BCUT2D eigenvalue weighted by molar-refractivity contribution is -0.137. The summed E-state index contributed by atoms with van der Waals surface area (Å²) in [6.45, 7) is 1.95. The van der Waals surface area contributed by atoms with Crippen LogP contribution in [-0.2, 0) is 21.4 Å². The SMILES string of the molecule is C#CCC(CC)NS(=O)(=O)c1cnn(CCC(=O)O)c1. The second kappa shape index (κ2) is 7.07. The standard InChI is InChI=1S/C12H17N3O4S/c1-3-5-10(4-2)14-20(18,19)11-8-13-15(9-11)7-6-12(16)17/h1,8-10,14H,4-7H2,2H3,(H,16,17). The maximum atomic E-state index is 12.1. The average Bonchev–Trinajstić information content (AvgIpc) is 2.85. The first-order valence-electron chi connectivity index (χ1n) is 6.09. The first-order chi connectivity index (χ1) is 9.39. The normalized spacial score (nSPS) is 12.8. The van der Waals surface area contributed by atoms with Crippen molar-refractivity contribution in [1.29, 1.82) is 0 Å². The predicted molar refractivity (Wildman–Crippen MR) is 72.3 cm³/mol. The molecule has 0 bridgehead atoms. The first-order valence-corrected chi connectivity index (χ1v) is 7.57. The number of aromatic nitrogens is 2. The van der Waals surface area contributed by atoms with Crippen molar-refractivity contribution in [3.05, 3.63) is 12.4 Å². The van der Waals surface area contributed by atoms with Gasteiger partial charge < -0.3 is 5.11 Å². The zero-order valence-electron chi connectivity index (χ0n) is 11.1. The van der Waals surface area contributed by atoms with Crippen LogP contribution in [0.5, 0.6) is 0 Å². The second-order valence-corrected chi connectivity index (χ2v) is 5.93. The molecule has 2 N–H and O–H groups in total. The molecular formula is C12H17N3O4S. The van der Waals surface area contributed by atoms with Crippen molar-refractivity contribution in [3.8, 4) is 12.3 Å². The van der Waals surface area contributed by atoms with Gasteiger partial charge in [-0.1, -0.05) is 6.92 Å². The first kappa shape index (κ1) is 16.2. The molecular weight excluding hydrogens is 282 g/mol. The van der Waals surface area contributed by atoms with E-state index >= 15 is 0 Å².